The van der Waals surface area contributed by atoms with Gasteiger partial charge in [0.25, 0.3) is 5.56 Å². The lowest BCUT2D eigenvalue weighted by Gasteiger charge is -2.27. The van der Waals surface area contributed by atoms with Gasteiger partial charge in [0.2, 0.25) is 0 Å². The molecule has 100 valence electrons. The van der Waals surface area contributed by atoms with Gasteiger partial charge in [-0.05, 0) is 45.0 Å². The van der Waals surface area contributed by atoms with Crippen molar-refractivity contribution in [2.45, 2.75) is 32.9 Å². The summed E-state index contributed by atoms with van der Waals surface area (Å²) in [4.78, 5) is 23.4. The third kappa shape index (κ3) is 2.38. The van der Waals surface area contributed by atoms with Crippen molar-refractivity contribution in [2.24, 2.45) is 0 Å². The van der Waals surface area contributed by atoms with Crippen LogP contribution in [0.25, 0.3) is 11.0 Å². The van der Waals surface area contributed by atoms with E-state index in [9.17, 15) is 4.79 Å². The summed E-state index contributed by atoms with van der Waals surface area (Å²) in [6.07, 6.45) is 5.40. The standard InChI is InChI=1S/C14H18N4O/c1-11-16-13-12(6-5-7-15-13)14(19)18(11)10-17-8-3-2-4-9-17/h5-7H,2-4,8-10H2,1H3. The van der Waals surface area contributed by atoms with Gasteiger partial charge in [-0.15, -0.1) is 0 Å². The normalized spacial score (nSPS) is 16.9. The fourth-order valence-corrected chi connectivity index (χ4v) is 2.63. The fraction of sp³-hybridized carbons (Fsp3) is 0.500. The molecular weight excluding hydrogens is 240 g/mol. The van der Waals surface area contributed by atoms with E-state index in [-0.39, 0.29) is 5.56 Å². The molecule has 0 aliphatic carbocycles. The minimum Gasteiger partial charge on any atom is -0.286 e. The average molecular weight is 258 g/mol. The Hall–Kier alpha value is -1.75. The van der Waals surface area contributed by atoms with Gasteiger partial charge in [-0.3, -0.25) is 14.3 Å². The largest absolute Gasteiger partial charge is 0.286 e. The van der Waals surface area contributed by atoms with Crippen LogP contribution in [-0.2, 0) is 6.67 Å². The number of aromatic nitrogens is 3. The molecule has 5 heteroatoms. The molecular formula is C14H18N4O. The molecule has 1 saturated heterocycles. The first-order valence-electron chi connectivity index (χ1n) is 6.80. The summed E-state index contributed by atoms with van der Waals surface area (Å²) in [5.74, 6) is 0.738. The van der Waals surface area contributed by atoms with E-state index in [4.69, 9.17) is 0 Å². The molecule has 2 aromatic heterocycles. The Balaban J connectivity index is 2.00. The molecule has 5 nitrogen and oxygen atoms in total. The molecule has 2 aromatic rings. The summed E-state index contributed by atoms with van der Waals surface area (Å²) < 4.78 is 1.76. The van der Waals surface area contributed by atoms with Crippen molar-refractivity contribution < 1.29 is 0 Å². The van der Waals surface area contributed by atoms with Crippen molar-refractivity contribution in [1.29, 1.82) is 0 Å². The maximum atomic E-state index is 12.5. The quantitative estimate of drug-likeness (QED) is 0.820. The number of nitrogens with zero attached hydrogens (tertiary/aromatic N) is 4. The lowest BCUT2D eigenvalue weighted by Crippen LogP contribution is -2.37. The van der Waals surface area contributed by atoms with Crippen molar-refractivity contribution in [3.63, 3.8) is 0 Å². The van der Waals surface area contributed by atoms with E-state index in [1.54, 1.807) is 22.9 Å². The first kappa shape index (κ1) is 12.3. The number of aryl methyl sites for hydroxylation is 1. The number of rotatable bonds is 2. The topological polar surface area (TPSA) is 51.0 Å². The van der Waals surface area contributed by atoms with Crippen molar-refractivity contribution in [1.82, 2.24) is 19.4 Å². The molecule has 0 spiro atoms. The minimum atomic E-state index is 0.0150. The smallest absolute Gasteiger partial charge is 0.264 e. The molecule has 0 atom stereocenters. The fourth-order valence-electron chi connectivity index (χ4n) is 2.63. The summed E-state index contributed by atoms with van der Waals surface area (Å²) >= 11 is 0. The number of fused-ring (bicyclic) bond motifs is 1. The van der Waals surface area contributed by atoms with Crippen LogP contribution in [0.3, 0.4) is 0 Å². The van der Waals surface area contributed by atoms with Crippen LogP contribution in [0.1, 0.15) is 25.1 Å². The van der Waals surface area contributed by atoms with E-state index >= 15 is 0 Å². The Morgan fingerprint density at radius 1 is 1.26 bits per heavy atom. The summed E-state index contributed by atoms with van der Waals surface area (Å²) in [6, 6.07) is 3.58. The molecule has 0 saturated carbocycles. The van der Waals surface area contributed by atoms with E-state index in [0.717, 1.165) is 18.9 Å². The molecule has 1 aliphatic heterocycles. The summed E-state index contributed by atoms with van der Waals surface area (Å²) in [7, 11) is 0. The Bertz CT molecular complexity index is 643. The van der Waals surface area contributed by atoms with Crippen LogP contribution in [0.2, 0.25) is 0 Å². The number of hydrogen-bond donors (Lipinski definition) is 0. The van der Waals surface area contributed by atoms with Crippen molar-refractivity contribution in [2.75, 3.05) is 13.1 Å². The van der Waals surface area contributed by atoms with Gasteiger partial charge in [-0.25, -0.2) is 9.97 Å². The average Bonchev–Trinajstić information content (AvgIpc) is 2.45. The summed E-state index contributed by atoms with van der Waals surface area (Å²) in [5, 5.41) is 0.602. The first-order chi connectivity index (χ1) is 9.25. The first-order valence-corrected chi connectivity index (χ1v) is 6.80. The van der Waals surface area contributed by atoms with Crippen molar-refractivity contribution in [3.8, 4) is 0 Å². The number of likely N-dealkylation sites (tertiary alicyclic amines) is 1. The minimum absolute atomic E-state index is 0.0150. The highest BCUT2D eigenvalue weighted by molar-refractivity contribution is 5.72. The molecule has 0 bridgehead atoms. The highest BCUT2D eigenvalue weighted by Crippen LogP contribution is 2.10. The molecule has 0 unspecified atom stereocenters. The summed E-state index contributed by atoms with van der Waals surface area (Å²) in [5.41, 5.74) is 0.557. The molecule has 1 fully saturated rings. The zero-order chi connectivity index (χ0) is 13.2. The second-order valence-electron chi connectivity index (χ2n) is 5.09. The van der Waals surface area contributed by atoms with Crippen LogP contribution in [0.5, 0.6) is 0 Å². The summed E-state index contributed by atoms with van der Waals surface area (Å²) in [6.45, 7) is 4.65. The second kappa shape index (κ2) is 5.09. The van der Waals surface area contributed by atoms with Gasteiger partial charge in [-0.1, -0.05) is 6.42 Å². The molecule has 0 amide bonds. The van der Waals surface area contributed by atoms with E-state index in [0.29, 0.717) is 17.7 Å². The Morgan fingerprint density at radius 3 is 2.84 bits per heavy atom. The molecule has 3 heterocycles. The predicted molar refractivity (Wildman–Crippen MR) is 74.0 cm³/mol. The van der Waals surface area contributed by atoms with Gasteiger partial charge in [0.1, 0.15) is 5.82 Å². The predicted octanol–water partition coefficient (Wildman–Crippen LogP) is 1.54. The zero-order valence-corrected chi connectivity index (χ0v) is 11.2. The van der Waals surface area contributed by atoms with Crippen LogP contribution in [0.15, 0.2) is 23.1 Å². The highest BCUT2D eigenvalue weighted by Gasteiger charge is 2.14. The third-order valence-electron chi connectivity index (χ3n) is 3.71. The molecule has 0 N–H and O–H groups in total. The number of hydrogen-bond acceptors (Lipinski definition) is 4. The van der Waals surface area contributed by atoms with Gasteiger partial charge in [0, 0.05) is 6.20 Å². The van der Waals surface area contributed by atoms with Gasteiger partial charge >= 0.3 is 0 Å². The number of pyridine rings is 1. The molecule has 0 radical (unpaired) electrons. The van der Waals surface area contributed by atoms with Gasteiger partial charge in [0.05, 0.1) is 12.1 Å². The van der Waals surface area contributed by atoms with Gasteiger partial charge in [-0.2, -0.15) is 0 Å². The second-order valence-corrected chi connectivity index (χ2v) is 5.09. The zero-order valence-electron chi connectivity index (χ0n) is 11.2. The van der Waals surface area contributed by atoms with E-state index in [1.165, 1.54) is 19.3 Å². The van der Waals surface area contributed by atoms with Gasteiger partial charge < -0.3 is 0 Å². The number of piperidine rings is 1. The maximum absolute atomic E-state index is 12.5. The van der Waals surface area contributed by atoms with Crippen LogP contribution >= 0.6 is 0 Å². The molecule has 1 aliphatic rings. The van der Waals surface area contributed by atoms with Crippen LogP contribution in [-0.4, -0.2) is 32.5 Å². The van der Waals surface area contributed by atoms with Crippen LogP contribution in [0.4, 0.5) is 0 Å². The van der Waals surface area contributed by atoms with E-state index in [1.807, 2.05) is 6.92 Å². The maximum Gasteiger partial charge on any atom is 0.264 e. The molecule has 19 heavy (non-hydrogen) atoms. The Labute approximate surface area is 111 Å². The monoisotopic (exact) mass is 258 g/mol. The van der Waals surface area contributed by atoms with E-state index < -0.39 is 0 Å². The Morgan fingerprint density at radius 2 is 2.05 bits per heavy atom. The molecule has 3 rings (SSSR count). The third-order valence-corrected chi connectivity index (χ3v) is 3.71. The van der Waals surface area contributed by atoms with E-state index in [2.05, 4.69) is 14.9 Å². The van der Waals surface area contributed by atoms with Crippen molar-refractivity contribution in [3.05, 3.63) is 34.5 Å². The van der Waals surface area contributed by atoms with Crippen LogP contribution in [0, 0.1) is 6.92 Å². The lowest BCUT2D eigenvalue weighted by molar-refractivity contribution is 0.177. The SMILES string of the molecule is Cc1nc2ncccc2c(=O)n1CN1CCCCC1. The molecule has 0 aromatic carbocycles. The Kier molecular flexibility index (Phi) is 3.29. The highest BCUT2D eigenvalue weighted by atomic mass is 16.1. The van der Waals surface area contributed by atoms with Crippen molar-refractivity contribution >= 4 is 11.0 Å². The lowest BCUT2D eigenvalue weighted by atomic mass is 10.1. The van der Waals surface area contributed by atoms with Gasteiger partial charge in [0.15, 0.2) is 5.65 Å². The van der Waals surface area contributed by atoms with Crippen LogP contribution < -0.4 is 5.56 Å².